The number of halogens is 1. The van der Waals surface area contributed by atoms with Gasteiger partial charge in [0.15, 0.2) is 0 Å². The Hall–Kier alpha value is -2.41. The van der Waals surface area contributed by atoms with Crippen LogP contribution in [0, 0.1) is 0 Å². The zero-order valence-electron chi connectivity index (χ0n) is 13.3. The van der Waals surface area contributed by atoms with Gasteiger partial charge in [-0.05, 0) is 23.3 Å². The van der Waals surface area contributed by atoms with Crippen LogP contribution < -0.4 is 16.2 Å². The molecule has 1 aliphatic heterocycles. The molecule has 0 aliphatic carbocycles. The lowest BCUT2D eigenvalue weighted by Crippen LogP contribution is -2.44. The molecule has 3 rings (SSSR count). The lowest BCUT2D eigenvalue weighted by molar-refractivity contribution is -0.121. The lowest BCUT2D eigenvalue weighted by atomic mass is 10.0. The van der Waals surface area contributed by atoms with Crippen molar-refractivity contribution >= 4 is 23.5 Å². The van der Waals surface area contributed by atoms with Crippen molar-refractivity contribution in [3.63, 3.8) is 0 Å². The third kappa shape index (κ3) is 4.17. The molecule has 1 saturated heterocycles. The number of hydrogen-bond donors (Lipinski definition) is 4. The standard InChI is InChI=1S/C18H18ClN3O3/c19-14-8-4-3-7-13(14)15-10-16(22-21-15)20-17(23)9-11-5-1-2-6-12(11)18(24)25/h1-8,15-16,21-22H,9-10H2,(H,20,23)(H,24,25). The van der Waals surface area contributed by atoms with Crippen molar-refractivity contribution in [2.75, 3.05) is 0 Å². The van der Waals surface area contributed by atoms with Gasteiger partial charge < -0.3 is 10.4 Å². The van der Waals surface area contributed by atoms with Crippen molar-refractivity contribution in [1.82, 2.24) is 16.2 Å². The second-order valence-electron chi connectivity index (χ2n) is 5.86. The van der Waals surface area contributed by atoms with Gasteiger partial charge in [-0.25, -0.2) is 15.6 Å². The van der Waals surface area contributed by atoms with Crippen LogP contribution in [-0.4, -0.2) is 23.1 Å². The molecular formula is C18H18ClN3O3. The summed E-state index contributed by atoms with van der Waals surface area (Å²) in [5.74, 6) is -1.28. The zero-order valence-corrected chi connectivity index (χ0v) is 14.1. The van der Waals surface area contributed by atoms with Gasteiger partial charge in [-0.1, -0.05) is 48.0 Å². The molecule has 0 spiro atoms. The maximum atomic E-state index is 12.3. The summed E-state index contributed by atoms with van der Waals surface area (Å²) in [6, 6.07) is 14.0. The molecular weight excluding hydrogens is 342 g/mol. The topological polar surface area (TPSA) is 90.5 Å². The second-order valence-corrected chi connectivity index (χ2v) is 6.26. The van der Waals surface area contributed by atoms with E-state index < -0.39 is 5.97 Å². The van der Waals surface area contributed by atoms with Crippen LogP contribution in [0.4, 0.5) is 0 Å². The van der Waals surface area contributed by atoms with Gasteiger partial charge in [-0.15, -0.1) is 0 Å². The molecule has 2 unspecified atom stereocenters. The van der Waals surface area contributed by atoms with Gasteiger partial charge in [0.05, 0.1) is 24.2 Å². The number of aromatic carboxylic acids is 1. The van der Waals surface area contributed by atoms with Crippen molar-refractivity contribution < 1.29 is 14.7 Å². The van der Waals surface area contributed by atoms with E-state index in [0.717, 1.165) is 5.56 Å². The third-order valence-electron chi connectivity index (χ3n) is 4.12. The summed E-state index contributed by atoms with van der Waals surface area (Å²) in [7, 11) is 0. The molecule has 7 heteroatoms. The number of carbonyl (C=O) groups is 2. The molecule has 2 atom stereocenters. The lowest BCUT2D eigenvalue weighted by Gasteiger charge is -2.13. The first-order valence-electron chi connectivity index (χ1n) is 7.90. The van der Waals surface area contributed by atoms with E-state index in [4.69, 9.17) is 11.6 Å². The van der Waals surface area contributed by atoms with E-state index in [2.05, 4.69) is 16.2 Å². The molecule has 1 aliphatic rings. The highest BCUT2D eigenvalue weighted by Crippen LogP contribution is 2.27. The first-order chi connectivity index (χ1) is 12.0. The van der Waals surface area contributed by atoms with Crippen LogP contribution in [0.5, 0.6) is 0 Å². The number of carbonyl (C=O) groups excluding carboxylic acids is 1. The van der Waals surface area contributed by atoms with E-state index in [1.54, 1.807) is 18.2 Å². The number of hydrogen-bond acceptors (Lipinski definition) is 4. The summed E-state index contributed by atoms with van der Waals surface area (Å²) in [6.45, 7) is 0. The van der Waals surface area contributed by atoms with Gasteiger partial charge >= 0.3 is 5.97 Å². The van der Waals surface area contributed by atoms with Gasteiger partial charge in [-0.2, -0.15) is 0 Å². The summed E-state index contributed by atoms with van der Waals surface area (Å²) >= 11 is 6.20. The number of carboxylic acid groups (broad SMARTS) is 1. The molecule has 2 aromatic rings. The number of carboxylic acids is 1. The highest BCUT2D eigenvalue weighted by atomic mass is 35.5. The quantitative estimate of drug-likeness (QED) is 0.657. The maximum Gasteiger partial charge on any atom is 0.335 e. The SMILES string of the molecule is O=C(Cc1ccccc1C(=O)O)NC1CC(c2ccccc2Cl)NN1. The molecule has 25 heavy (non-hydrogen) atoms. The van der Waals surface area contributed by atoms with Gasteiger partial charge in [0.1, 0.15) is 0 Å². The van der Waals surface area contributed by atoms with Crippen LogP contribution in [0.15, 0.2) is 48.5 Å². The van der Waals surface area contributed by atoms with Crippen LogP contribution in [0.25, 0.3) is 0 Å². The smallest absolute Gasteiger partial charge is 0.335 e. The summed E-state index contributed by atoms with van der Waals surface area (Å²) in [6.07, 6.45) is 0.388. The van der Waals surface area contributed by atoms with E-state index in [9.17, 15) is 14.7 Å². The molecule has 1 amide bonds. The highest BCUT2D eigenvalue weighted by Gasteiger charge is 2.27. The fraction of sp³-hybridized carbons (Fsp3) is 0.222. The Balaban J connectivity index is 1.60. The average Bonchev–Trinajstić information content (AvgIpc) is 3.03. The number of rotatable bonds is 5. The Morgan fingerprint density at radius 1 is 1.12 bits per heavy atom. The number of hydrazine groups is 1. The van der Waals surface area contributed by atoms with Crippen molar-refractivity contribution in [1.29, 1.82) is 0 Å². The Kier molecular flexibility index (Phi) is 5.33. The average molecular weight is 360 g/mol. The van der Waals surface area contributed by atoms with Crippen molar-refractivity contribution in [3.05, 3.63) is 70.2 Å². The number of amides is 1. The summed E-state index contributed by atoms with van der Waals surface area (Å²) in [4.78, 5) is 23.5. The molecule has 0 bridgehead atoms. The van der Waals surface area contributed by atoms with Gasteiger partial charge in [-0.3, -0.25) is 4.79 Å². The Morgan fingerprint density at radius 2 is 1.84 bits per heavy atom. The van der Waals surface area contributed by atoms with Crippen molar-refractivity contribution in [2.24, 2.45) is 0 Å². The molecule has 2 aromatic carbocycles. The summed E-state index contributed by atoms with van der Waals surface area (Å²) < 4.78 is 0. The molecule has 0 saturated carbocycles. The molecule has 0 radical (unpaired) electrons. The van der Waals surface area contributed by atoms with Crippen LogP contribution in [-0.2, 0) is 11.2 Å². The van der Waals surface area contributed by atoms with Crippen LogP contribution in [0.2, 0.25) is 5.02 Å². The van der Waals surface area contributed by atoms with E-state index in [1.165, 1.54) is 6.07 Å². The number of nitrogens with one attached hydrogen (secondary N) is 3. The minimum atomic E-state index is -1.04. The van der Waals surface area contributed by atoms with E-state index in [-0.39, 0.29) is 30.1 Å². The summed E-state index contributed by atoms with van der Waals surface area (Å²) in [5, 5.41) is 12.7. The van der Waals surface area contributed by atoms with E-state index in [1.807, 2.05) is 24.3 Å². The normalized spacial score (nSPS) is 19.6. The molecule has 0 aromatic heterocycles. The molecule has 6 nitrogen and oxygen atoms in total. The third-order valence-corrected chi connectivity index (χ3v) is 4.46. The monoisotopic (exact) mass is 359 g/mol. The molecule has 130 valence electrons. The Labute approximate surface area is 150 Å². The molecule has 4 N–H and O–H groups in total. The minimum absolute atomic E-state index is 0.00898. The van der Waals surface area contributed by atoms with E-state index >= 15 is 0 Å². The fourth-order valence-corrected chi connectivity index (χ4v) is 3.18. The van der Waals surface area contributed by atoms with E-state index in [0.29, 0.717) is 17.0 Å². The fourth-order valence-electron chi connectivity index (χ4n) is 2.91. The molecule has 1 heterocycles. The summed E-state index contributed by atoms with van der Waals surface area (Å²) in [5.41, 5.74) is 7.74. The zero-order chi connectivity index (χ0) is 17.8. The van der Waals surface area contributed by atoms with Gasteiger partial charge in [0, 0.05) is 11.4 Å². The van der Waals surface area contributed by atoms with Crippen LogP contribution in [0.1, 0.15) is 33.9 Å². The second kappa shape index (κ2) is 7.65. The Morgan fingerprint density at radius 3 is 2.60 bits per heavy atom. The van der Waals surface area contributed by atoms with Crippen molar-refractivity contribution in [2.45, 2.75) is 25.0 Å². The Bertz CT molecular complexity index is 797. The highest BCUT2D eigenvalue weighted by molar-refractivity contribution is 6.31. The molecule has 1 fully saturated rings. The predicted molar refractivity (Wildman–Crippen MR) is 94.1 cm³/mol. The van der Waals surface area contributed by atoms with Gasteiger partial charge in [0.25, 0.3) is 0 Å². The predicted octanol–water partition coefficient (Wildman–Crippen LogP) is 2.26. The first kappa shape index (κ1) is 17.4. The van der Waals surface area contributed by atoms with Crippen molar-refractivity contribution in [3.8, 4) is 0 Å². The minimum Gasteiger partial charge on any atom is -0.478 e. The van der Waals surface area contributed by atoms with Gasteiger partial charge in [0.2, 0.25) is 5.91 Å². The maximum absolute atomic E-state index is 12.3. The number of benzene rings is 2. The first-order valence-corrected chi connectivity index (χ1v) is 8.28. The largest absolute Gasteiger partial charge is 0.478 e. The van der Waals surface area contributed by atoms with Crippen LogP contribution >= 0.6 is 11.6 Å². The van der Waals surface area contributed by atoms with Crippen LogP contribution in [0.3, 0.4) is 0 Å².